The Kier molecular flexibility index (Phi) is 4.55. The summed E-state index contributed by atoms with van der Waals surface area (Å²) in [6, 6.07) is 1.54. The molecule has 0 aliphatic heterocycles. The summed E-state index contributed by atoms with van der Waals surface area (Å²) < 4.78 is 5.12. The van der Waals surface area contributed by atoms with E-state index in [0.717, 1.165) is 36.5 Å². The molecule has 1 unspecified atom stereocenters. The van der Waals surface area contributed by atoms with Crippen molar-refractivity contribution in [1.82, 2.24) is 20.4 Å². The first kappa shape index (κ1) is 14.3. The van der Waals surface area contributed by atoms with Gasteiger partial charge in [-0.15, -0.1) is 0 Å². The predicted molar refractivity (Wildman–Crippen MR) is 74.3 cm³/mol. The van der Waals surface area contributed by atoms with E-state index in [0.29, 0.717) is 5.69 Å². The minimum Gasteiger partial charge on any atom is -0.361 e. The molecule has 2 heterocycles. The predicted octanol–water partition coefficient (Wildman–Crippen LogP) is 2.54. The van der Waals surface area contributed by atoms with Gasteiger partial charge in [0.05, 0.1) is 6.04 Å². The van der Waals surface area contributed by atoms with Crippen LogP contribution in [0.4, 0.5) is 0 Å². The first-order valence-corrected chi connectivity index (χ1v) is 6.92. The van der Waals surface area contributed by atoms with Crippen molar-refractivity contribution in [3.05, 3.63) is 35.2 Å². The molecule has 1 amide bonds. The summed E-state index contributed by atoms with van der Waals surface area (Å²) in [7, 11) is 0. The number of nitrogens with one attached hydrogen (secondary N) is 2. The first-order valence-electron chi connectivity index (χ1n) is 6.92. The third kappa shape index (κ3) is 3.26. The monoisotopic (exact) mass is 276 g/mol. The van der Waals surface area contributed by atoms with Crippen LogP contribution < -0.4 is 5.32 Å². The van der Waals surface area contributed by atoms with Gasteiger partial charge in [0, 0.05) is 24.4 Å². The minimum atomic E-state index is -0.239. The van der Waals surface area contributed by atoms with Gasteiger partial charge in [0.25, 0.3) is 5.91 Å². The van der Waals surface area contributed by atoms with Crippen LogP contribution in [0, 0.1) is 6.92 Å². The molecule has 6 nitrogen and oxygen atoms in total. The van der Waals surface area contributed by atoms with Crippen LogP contribution in [0.3, 0.4) is 0 Å². The normalized spacial score (nSPS) is 12.3. The van der Waals surface area contributed by atoms with E-state index in [1.165, 1.54) is 0 Å². The van der Waals surface area contributed by atoms with Crippen LogP contribution in [0.25, 0.3) is 0 Å². The molecule has 0 fully saturated rings. The zero-order valence-electron chi connectivity index (χ0n) is 12.1. The van der Waals surface area contributed by atoms with Gasteiger partial charge in [-0.3, -0.25) is 4.79 Å². The van der Waals surface area contributed by atoms with Crippen LogP contribution in [-0.4, -0.2) is 21.0 Å². The molecule has 0 saturated heterocycles. The fourth-order valence-corrected chi connectivity index (χ4v) is 1.99. The van der Waals surface area contributed by atoms with Crippen molar-refractivity contribution < 1.29 is 9.32 Å². The molecule has 2 aromatic heterocycles. The smallest absolute Gasteiger partial charge is 0.274 e. The topological polar surface area (TPSA) is 83.8 Å². The van der Waals surface area contributed by atoms with Gasteiger partial charge in [-0.1, -0.05) is 19.0 Å². The minimum absolute atomic E-state index is 0.150. The Morgan fingerprint density at radius 1 is 1.50 bits per heavy atom. The number of amides is 1. The van der Waals surface area contributed by atoms with E-state index in [-0.39, 0.29) is 11.9 Å². The molecular formula is C14H20N4O2. The number of carbonyl (C=O) groups excluding carboxylic acids is 1. The number of carbonyl (C=O) groups is 1. The van der Waals surface area contributed by atoms with Crippen molar-refractivity contribution in [1.29, 1.82) is 0 Å². The summed E-state index contributed by atoms with van der Waals surface area (Å²) in [5, 5.41) is 6.72. The Morgan fingerprint density at radius 3 is 2.90 bits per heavy atom. The Hall–Kier alpha value is -2.11. The number of hydrogen-bond donors (Lipinski definition) is 2. The molecular weight excluding hydrogens is 256 g/mol. The Labute approximate surface area is 118 Å². The standard InChI is InChI=1S/C14H20N4O2/c1-4-6-10-7-12(18-20-10)14(19)17-11(5-2)13-15-8-9(3)16-13/h7-8,11H,4-6H2,1-3H3,(H,15,16)(H,17,19). The van der Waals surface area contributed by atoms with Crippen molar-refractivity contribution in [3.8, 4) is 0 Å². The second kappa shape index (κ2) is 6.36. The lowest BCUT2D eigenvalue weighted by molar-refractivity contribution is 0.0924. The lowest BCUT2D eigenvalue weighted by Gasteiger charge is -2.13. The Balaban J connectivity index is 2.04. The number of rotatable bonds is 6. The van der Waals surface area contributed by atoms with Gasteiger partial charge >= 0.3 is 0 Å². The van der Waals surface area contributed by atoms with E-state index in [1.807, 2.05) is 13.8 Å². The maximum atomic E-state index is 12.1. The Morgan fingerprint density at radius 2 is 2.30 bits per heavy atom. The van der Waals surface area contributed by atoms with Crippen LogP contribution in [0.15, 0.2) is 16.8 Å². The van der Waals surface area contributed by atoms with Gasteiger partial charge in [0.1, 0.15) is 11.6 Å². The lowest BCUT2D eigenvalue weighted by Crippen LogP contribution is -2.29. The average Bonchev–Trinajstić information content (AvgIpc) is 3.05. The zero-order valence-corrected chi connectivity index (χ0v) is 12.1. The molecule has 20 heavy (non-hydrogen) atoms. The van der Waals surface area contributed by atoms with E-state index < -0.39 is 0 Å². The van der Waals surface area contributed by atoms with E-state index in [2.05, 4.69) is 27.4 Å². The van der Waals surface area contributed by atoms with Crippen molar-refractivity contribution in [3.63, 3.8) is 0 Å². The van der Waals surface area contributed by atoms with Gasteiger partial charge in [0.2, 0.25) is 0 Å². The number of aryl methyl sites for hydroxylation is 2. The van der Waals surface area contributed by atoms with Crippen LogP contribution in [-0.2, 0) is 6.42 Å². The van der Waals surface area contributed by atoms with Gasteiger partial charge < -0.3 is 14.8 Å². The molecule has 0 radical (unpaired) electrons. The fourth-order valence-electron chi connectivity index (χ4n) is 1.99. The molecule has 2 rings (SSSR count). The average molecular weight is 276 g/mol. The molecule has 108 valence electrons. The number of hydrogen-bond acceptors (Lipinski definition) is 4. The van der Waals surface area contributed by atoms with Gasteiger partial charge in [-0.2, -0.15) is 0 Å². The molecule has 0 aliphatic rings. The SMILES string of the molecule is CCCc1cc(C(=O)NC(CC)c2ncc(C)[nH]2)no1. The van der Waals surface area contributed by atoms with E-state index in [1.54, 1.807) is 12.3 Å². The van der Waals surface area contributed by atoms with Crippen LogP contribution >= 0.6 is 0 Å². The maximum Gasteiger partial charge on any atom is 0.274 e. The second-order valence-electron chi connectivity index (χ2n) is 4.81. The highest BCUT2D eigenvalue weighted by atomic mass is 16.5. The summed E-state index contributed by atoms with van der Waals surface area (Å²) in [5.41, 5.74) is 1.29. The highest BCUT2D eigenvalue weighted by Gasteiger charge is 2.19. The largest absolute Gasteiger partial charge is 0.361 e. The number of aromatic amines is 1. The first-order chi connectivity index (χ1) is 9.63. The highest BCUT2D eigenvalue weighted by Crippen LogP contribution is 2.14. The summed E-state index contributed by atoms with van der Waals surface area (Å²) in [5.74, 6) is 1.26. The van der Waals surface area contributed by atoms with Gasteiger partial charge in [0.15, 0.2) is 5.69 Å². The summed E-state index contributed by atoms with van der Waals surface area (Å²) >= 11 is 0. The van der Waals surface area contributed by atoms with Crippen LogP contribution in [0.5, 0.6) is 0 Å². The van der Waals surface area contributed by atoms with Crippen LogP contribution in [0.2, 0.25) is 0 Å². The quantitative estimate of drug-likeness (QED) is 0.849. The molecule has 0 aliphatic carbocycles. The van der Waals surface area contributed by atoms with Crippen LogP contribution in [0.1, 0.15) is 60.5 Å². The number of aromatic nitrogens is 3. The van der Waals surface area contributed by atoms with Crippen molar-refractivity contribution in [2.75, 3.05) is 0 Å². The summed E-state index contributed by atoms with van der Waals surface area (Å²) in [6.07, 6.45) is 4.24. The second-order valence-corrected chi connectivity index (χ2v) is 4.81. The summed E-state index contributed by atoms with van der Waals surface area (Å²) in [4.78, 5) is 19.5. The third-order valence-electron chi connectivity index (χ3n) is 3.05. The molecule has 0 aromatic carbocycles. The molecule has 0 spiro atoms. The maximum absolute atomic E-state index is 12.1. The van der Waals surface area contributed by atoms with Gasteiger partial charge in [-0.25, -0.2) is 4.98 Å². The number of imidazole rings is 1. The fraction of sp³-hybridized carbons (Fsp3) is 0.500. The number of H-pyrrole nitrogens is 1. The molecule has 6 heteroatoms. The molecule has 1 atom stereocenters. The van der Waals surface area contributed by atoms with Crippen molar-refractivity contribution in [2.45, 2.75) is 46.1 Å². The summed E-state index contributed by atoms with van der Waals surface area (Å²) in [6.45, 7) is 5.97. The van der Waals surface area contributed by atoms with Crippen molar-refractivity contribution in [2.24, 2.45) is 0 Å². The van der Waals surface area contributed by atoms with Crippen molar-refractivity contribution >= 4 is 5.91 Å². The van der Waals surface area contributed by atoms with E-state index >= 15 is 0 Å². The van der Waals surface area contributed by atoms with E-state index in [9.17, 15) is 4.79 Å². The number of nitrogens with zero attached hydrogens (tertiary/aromatic N) is 2. The highest BCUT2D eigenvalue weighted by molar-refractivity contribution is 5.92. The lowest BCUT2D eigenvalue weighted by atomic mass is 10.2. The third-order valence-corrected chi connectivity index (χ3v) is 3.05. The van der Waals surface area contributed by atoms with E-state index in [4.69, 9.17) is 4.52 Å². The van der Waals surface area contributed by atoms with Gasteiger partial charge in [-0.05, 0) is 19.8 Å². The molecule has 0 saturated carbocycles. The molecule has 0 bridgehead atoms. The zero-order chi connectivity index (χ0) is 14.5. The molecule has 2 aromatic rings. The molecule has 2 N–H and O–H groups in total. The Bertz CT molecular complexity index is 573.